The molecule has 0 bridgehead atoms. The van der Waals surface area contributed by atoms with Crippen LogP contribution in [0.5, 0.6) is 0 Å². The first-order chi connectivity index (χ1) is 13.1. The Labute approximate surface area is 165 Å². The highest BCUT2D eigenvalue weighted by Gasteiger charge is 2.38. The van der Waals surface area contributed by atoms with E-state index >= 15 is 0 Å². The Kier molecular flexibility index (Phi) is 5.55. The fourth-order valence-electron chi connectivity index (χ4n) is 4.06. The van der Waals surface area contributed by atoms with Gasteiger partial charge in [-0.3, -0.25) is 9.69 Å². The first kappa shape index (κ1) is 18.6. The van der Waals surface area contributed by atoms with Crippen molar-refractivity contribution in [1.29, 1.82) is 0 Å². The summed E-state index contributed by atoms with van der Waals surface area (Å²) in [5, 5.41) is 3.43. The van der Waals surface area contributed by atoms with Crippen LogP contribution in [0, 0.1) is 5.92 Å². The van der Waals surface area contributed by atoms with E-state index in [2.05, 4.69) is 15.1 Å². The molecule has 27 heavy (non-hydrogen) atoms. The average molecular weight is 391 g/mol. The van der Waals surface area contributed by atoms with Gasteiger partial charge >= 0.3 is 6.03 Å². The van der Waals surface area contributed by atoms with Gasteiger partial charge in [0.1, 0.15) is 0 Å². The average Bonchev–Trinajstić information content (AvgIpc) is 3.44. The molecule has 6 nitrogen and oxygen atoms in total. The van der Waals surface area contributed by atoms with Crippen LogP contribution in [-0.2, 0) is 4.79 Å². The lowest BCUT2D eigenvalue weighted by molar-refractivity contribution is -0.132. The lowest BCUT2D eigenvalue weighted by Crippen LogP contribution is -2.44. The molecule has 1 N–H and O–H groups in total. The Morgan fingerprint density at radius 3 is 2.67 bits per heavy atom. The zero-order chi connectivity index (χ0) is 18.8. The zero-order valence-electron chi connectivity index (χ0n) is 15.6. The summed E-state index contributed by atoms with van der Waals surface area (Å²) in [6, 6.07) is 7.13. The molecule has 3 aliphatic rings. The van der Waals surface area contributed by atoms with Gasteiger partial charge in [0.15, 0.2) is 0 Å². The van der Waals surface area contributed by atoms with Gasteiger partial charge in [-0.2, -0.15) is 0 Å². The van der Waals surface area contributed by atoms with Gasteiger partial charge in [0.2, 0.25) is 5.91 Å². The fourth-order valence-corrected chi connectivity index (χ4v) is 4.25. The number of hydrogen-bond acceptors (Lipinski definition) is 3. The second-order valence-corrected chi connectivity index (χ2v) is 8.23. The van der Waals surface area contributed by atoms with E-state index in [1.165, 1.54) is 12.8 Å². The van der Waals surface area contributed by atoms with Crippen molar-refractivity contribution in [1.82, 2.24) is 14.7 Å². The van der Waals surface area contributed by atoms with Crippen molar-refractivity contribution in [2.45, 2.75) is 31.7 Å². The Morgan fingerprint density at radius 2 is 1.89 bits per heavy atom. The predicted molar refractivity (Wildman–Crippen MR) is 106 cm³/mol. The van der Waals surface area contributed by atoms with Crippen LogP contribution in [0.1, 0.15) is 25.7 Å². The molecule has 1 aliphatic carbocycles. The molecule has 3 fully saturated rings. The van der Waals surface area contributed by atoms with E-state index in [1.807, 2.05) is 17.0 Å². The zero-order valence-corrected chi connectivity index (χ0v) is 16.3. The molecule has 0 aromatic heterocycles. The van der Waals surface area contributed by atoms with Crippen molar-refractivity contribution in [3.8, 4) is 0 Å². The van der Waals surface area contributed by atoms with E-state index in [-0.39, 0.29) is 18.0 Å². The summed E-state index contributed by atoms with van der Waals surface area (Å²) >= 11 is 6.14. The number of hydrogen-bond donors (Lipinski definition) is 1. The van der Waals surface area contributed by atoms with Crippen LogP contribution < -0.4 is 5.32 Å². The lowest BCUT2D eigenvalue weighted by Gasteiger charge is -2.26. The van der Waals surface area contributed by atoms with Gasteiger partial charge in [-0.15, -0.1) is 0 Å². The summed E-state index contributed by atoms with van der Waals surface area (Å²) in [4.78, 5) is 31.5. The molecule has 146 valence electrons. The molecule has 3 amide bonds. The minimum atomic E-state index is -0.127. The van der Waals surface area contributed by atoms with Crippen molar-refractivity contribution in [3.05, 3.63) is 29.3 Å². The van der Waals surface area contributed by atoms with Crippen molar-refractivity contribution < 1.29 is 9.59 Å². The number of anilines is 1. The van der Waals surface area contributed by atoms with E-state index in [0.717, 1.165) is 44.9 Å². The summed E-state index contributed by atoms with van der Waals surface area (Å²) < 4.78 is 0. The predicted octanol–water partition coefficient (Wildman–Crippen LogP) is 2.89. The van der Waals surface area contributed by atoms with E-state index in [4.69, 9.17) is 11.6 Å². The van der Waals surface area contributed by atoms with Gasteiger partial charge < -0.3 is 15.1 Å². The van der Waals surface area contributed by atoms with Crippen molar-refractivity contribution in [2.75, 3.05) is 44.6 Å². The molecule has 1 atom stereocenters. The number of amides is 3. The number of likely N-dealkylation sites (tertiary alicyclic amines) is 1. The molecule has 1 saturated carbocycles. The van der Waals surface area contributed by atoms with Crippen LogP contribution in [0.25, 0.3) is 0 Å². The molecule has 2 aliphatic heterocycles. The molecule has 1 aromatic carbocycles. The maximum absolute atomic E-state index is 12.8. The number of nitrogens with one attached hydrogen (secondary N) is 1. The number of halogens is 1. The highest BCUT2D eigenvalue weighted by Crippen LogP contribution is 2.32. The third-order valence-corrected chi connectivity index (χ3v) is 6.15. The van der Waals surface area contributed by atoms with Crippen LogP contribution in [0.4, 0.5) is 10.5 Å². The summed E-state index contributed by atoms with van der Waals surface area (Å²) in [5.41, 5.74) is 0.631. The number of carbonyl (C=O) groups is 2. The maximum atomic E-state index is 12.8. The van der Waals surface area contributed by atoms with Crippen LogP contribution in [-0.4, -0.2) is 71.9 Å². The molecule has 0 unspecified atom stereocenters. The molecule has 7 heteroatoms. The molecule has 2 saturated heterocycles. The van der Waals surface area contributed by atoms with Gasteiger partial charge in [-0.25, -0.2) is 4.79 Å². The lowest BCUT2D eigenvalue weighted by atomic mass is 10.2. The molecule has 0 radical (unpaired) electrons. The second kappa shape index (κ2) is 8.07. The molecule has 1 aromatic rings. The topological polar surface area (TPSA) is 55.9 Å². The maximum Gasteiger partial charge on any atom is 0.321 e. The smallest absolute Gasteiger partial charge is 0.321 e. The van der Waals surface area contributed by atoms with Crippen LogP contribution in [0.2, 0.25) is 5.02 Å². The van der Waals surface area contributed by atoms with Crippen molar-refractivity contribution in [3.63, 3.8) is 0 Å². The molecule has 2 heterocycles. The minimum absolute atomic E-state index is 0.00432. The molecular formula is C20H27ClN4O2. The van der Waals surface area contributed by atoms with Gasteiger partial charge in [-0.05, 0) is 43.7 Å². The normalized spacial score (nSPS) is 24.2. The number of benzene rings is 1. The third kappa shape index (κ3) is 4.38. The second-order valence-electron chi connectivity index (χ2n) is 7.82. The van der Waals surface area contributed by atoms with E-state index in [0.29, 0.717) is 23.8 Å². The van der Waals surface area contributed by atoms with E-state index in [1.54, 1.807) is 12.1 Å². The number of urea groups is 1. The Morgan fingerprint density at radius 1 is 1.07 bits per heavy atom. The van der Waals surface area contributed by atoms with Crippen molar-refractivity contribution >= 4 is 29.2 Å². The quantitative estimate of drug-likeness (QED) is 0.860. The summed E-state index contributed by atoms with van der Waals surface area (Å²) in [6.45, 7) is 4.75. The van der Waals surface area contributed by atoms with Gasteiger partial charge in [0.25, 0.3) is 0 Å². The number of para-hydroxylation sites is 1. The first-order valence-electron chi connectivity index (χ1n) is 9.95. The minimum Gasteiger partial charge on any atom is -0.341 e. The number of carbonyl (C=O) groups excluding carboxylic acids is 2. The van der Waals surface area contributed by atoms with Crippen molar-refractivity contribution in [2.24, 2.45) is 5.92 Å². The van der Waals surface area contributed by atoms with Crippen LogP contribution >= 0.6 is 11.6 Å². The highest BCUT2D eigenvalue weighted by atomic mass is 35.5. The molecular weight excluding hydrogens is 364 g/mol. The highest BCUT2D eigenvalue weighted by molar-refractivity contribution is 6.33. The van der Waals surface area contributed by atoms with Crippen LogP contribution in [0.15, 0.2) is 24.3 Å². The molecule has 0 spiro atoms. The van der Waals surface area contributed by atoms with Gasteiger partial charge in [0, 0.05) is 39.3 Å². The largest absolute Gasteiger partial charge is 0.341 e. The third-order valence-electron chi connectivity index (χ3n) is 5.82. The SMILES string of the molecule is O=C(Nc1ccccc1Cl)N1CCCN([C@@H]2CCN(CC3CC3)C2=O)CC1. The molecule has 4 rings (SSSR count). The summed E-state index contributed by atoms with van der Waals surface area (Å²) in [6.07, 6.45) is 4.33. The number of rotatable bonds is 4. The Hall–Kier alpha value is -1.79. The standard InChI is InChI=1S/C20H27ClN4O2/c21-16-4-1-2-5-17(16)22-20(27)24-10-3-9-23(12-13-24)18-8-11-25(19(18)26)14-15-6-7-15/h1-2,4-5,15,18H,3,6-14H2,(H,22,27)/t18-/m1/s1. The monoisotopic (exact) mass is 390 g/mol. The first-order valence-corrected chi connectivity index (χ1v) is 10.3. The summed E-state index contributed by atoms with van der Waals surface area (Å²) in [7, 11) is 0. The van der Waals surface area contributed by atoms with E-state index in [9.17, 15) is 9.59 Å². The van der Waals surface area contributed by atoms with Gasteiger partial charge in [0.05, 0.1) is 16.8 Å². The van der Waals surface area contributed by atoms with E-state index < -0.39 is 0 Å². The van der Waals surface area contributed by atoms with Gasteiger partial charge in [-0.1, -0.05) is 23.7 Å². The fraction of sp³-hybridized carbons (Fsp3) is 0.600. The van der Waals surface area contributed by atoms with Crippen LogP contribution in [0.3, 0.4) is 0 Å². The summed E-state index contributed by atoms with van der Waals surface area (Å²) in [5.74, 6) is 1.02. The Balaban J connectivity index is 1.31. The Bertz CT molecular complexity index is 709. The number of nitrogens with zero attached hydrogens (tertiary/aromatic N) is 3.